The second kappa shape index (κ2) is 14.4. The highest BCUT2D eigenvalue weighted by molar-refractivity contribution is 5.80. The lowest BCUT2D eigenvalue weighted by Gasteiger charge is -2.43. The normalized spacial score (nSPS) is 23.7. The van der Waals surface area contributed by atoms with Crippen LogP contribution >= 0.6 is 0 Å². The number of nitrogens with zero attached hydrogens (tertiary/aromatic N) is 1. The van der Waals surface area contributed by atoms with E-state index in [-0.39, 0.29) is 37.9 Å². The molecular formula is C29H39N3O7. The lowest BCUT2D eigenvalue weighted by molar-refractivity contribution is -0.277. The first-order valence-corrected chi connectivity index (χ1v) is 13.5. The van der Waals surface area contributed by atoms with Crippen molar-refractivity contribution in [2.45, 2.75) is 45.5 Å². The topological polar surface area (TPSA) is 119 Å². The molecule has 10 nitrogen and oxygen atoms in total. The van der Waals surface area contributed by atoms with E-state index in [1.165, 1.54) is 0 Å². The number of hydrogen-bond donors (Lipinski definition) is 3. The molecule has 2 aromatic rings. The largest absolute Gasteiger partial charge is 0.465 e. The van der Waals surface area contributed by atoms with Gasteiger partial charge < -0.3 is 34.7 Å². The molecule has 2 amide bonds. The Balaban J connectivity index is 1.41. The Morgan fingerprint density at radius 2 is 1.64 bits per heavy atom. The van der Waals surface area contributed by atoms with Crippen LogP contribution in [0.4, 0.5) is 4.79 Å². The summed E-state index contributed by atoms with van der Waals surface area (Å²) in [5.41, 5.74) is 3.70. The third kappa shape index (κ3) is 8.23. The lowest BCUT2D eigenvalue weighted by Crippen LogP contribution is -2.47. The van der Waals surface area contributed by atoms with Crippen LogP contribution in [0.1, 0.15) is 48.5 Å². The van der Waals surface area contributed by atoms with Crippen LogP contribution in [0.2, 0.25) is 0 Å². The van der Waals surface area contributed by atoms with E-state index in [0.717, 1.165) is 55.1 Å². The van der Waals surface area contributed by atoms with Gasteiger partial charge in [0.05, 0.1) is 38.6 Å². The Hall–Kier alpha value is -3.02. The highest BCUT2D eigenvalue weighted by atomic mass is 16.7. The second-order valence-electron chi connectivity index (χ2n) is 9.82. The Bertz CT molecular complexity index is 1060. The fraction of sp³-hybridized carbons (Fsp3) is 0.517. The van der Waals surface area contributed by atoms with E-state index in [2.05, 4.69) is 22.5 Å². The summed E-state index contributed by atoms with van der Waals surface area (Å²) >= 11 is 0. The van der Waals surface area contributed by atoms with Crippen molar-refractivity contribution in [3.63, 3.8) is 0 Å². The average Bonchev–Trinajstić information content (AvgIpc) is 2.97. The number of morpholine rings is 1. The number of carbonyl (C=O) groups is 2. The van der Waals surface area contributed by atoms with Crippen LogP contribution in [-0.4, -0.2) is 74.1 Å². The van der Waals surface area contributed by atoms with Gasteiger partial charge >= 0.3 is 12.0 Å². The number of benzene rings is 2. The monoisotopic (exact) mass is 541 g/mol. The molecule has 4 rings (SSSR count). The molecule has 0 aliphatic carbocycles. The number of urea groups is 1. The van der Waals surface area contributed by atoms with E-state index in [0.29, 0.717) is 6.54 Å². The quantitative estimate of drug-likeness (QED) is 0.393. The number of ether oxygens (including phenoxy) is 4. The van der Waals surface area contributed by atoms with E-state index >= 15 is 0 Å². The average molecular weight is 542 g/mol. The van der Waals surface area contributed by atoms with Crippen LogP contribution in [0, 0.1) is 5.92 Å². The van der Waals surface area contributed by atoms with E-state index in [1.54, 1.807) is 6.92 Å². The molecule has 0 aromatic heterocycles. The molecule has 0 spiro atoms. The van der Waals surface area contributed by atoms with Crippen molar-refractivity contribution >= 4 is 12.0 Å². The van der Waals surface area contributed by atoms with E-state index in [1.807, 2.05) is 48.5 Å². The van der Waals surface area contributed by atoms with E-state index in [4.69, 9.17) is 18.9 Å². The van der Waals surface area contributed by atoms with Gasteiger partial charge in [0.2, 0.25) is 0 Å². The molecule has 2 aliphatic rings. The number of hydrogen-bond acceptors (Lipinski definition) is 8. The molecule has 0 saturated carbocycles. The van der Waals surface area contributed by atoms with Crippen LogP contribution in [0.15, 0.2) is 48.5 Å². The second-order valence-corrected chi connectivity index (χ2v) is 9.82. The predicted octanol–water partition coefficient (Wildman–Crippen LogP) is 2.66. The van der Waals surface area contributed by atoms with Gasteiger partial charge in [-0.3, -0.25) is 9.69 Å². The minimum Gasteiger partial charge on any atom is -0.465 e. The first-order valence-electron chi connectivity index (χ1n) is 13.5. The summed E-state index contributed by atoms with van der Waals surface area (Å²) in [4.78, 5) is 25.8. The summed E-state index contributed by atoms with van der Waals surface area (Å²) in [6.07, 6.45) is -0.773. The minimum atomic E-state index is -0.551. The Morgan fingerprint density at radius 1 is 0.974 bits per heavy atom. The van der Waals surface area contributed by atoms with E-state index < -0.39 is 18.3 Å². The highest BCUT2D eigenvalue weighted by Gasteiger charge is 2.39. The minimum absolute atomic E-state index is 0.00100. The Kier molecular flexibility index (Phi) is 10.7. The number of carbonyl (C=O) groups excluding carboxylic acids is 2. The van der Waals surface area contributed by atoms with Gasteiger partial charge in [-0.05, 0) is 23.6 Å². The van der Waals surface area contributed by atoms with Crippen LogP contribution in [0.5, 0.6) is 0 Å². The first-order chi connectivity index (χ1) is 19.0. The molecule has 2 aromatic carbocycles. The first kappa shape index (κ1) is 29.0. The lowest BCUT2D eigenvalue weighted by atomic mass is 9.90. The molecule has 212 valence electrons. The number of aliphatic hydroxyl groups is 1. The summed E-state index contributed by atoms with van der Waals surface area (Å²) in [5, 5.41) is 14.7. The van der Waals surface area contributed by atoms with Crippen LogP contribution in [0.25, 0.3) is 0 Å². The van der Waals surface area contributed by atoms with Crippen LogP contribution < -0.4 is 10.6 Å². The van der Waals surface area contributed by atoms with Crippen molar-refractivity contribution in [2.24, 2.45) is 5.92 Å². The zero-order chi connectivity index (χ0) is 27.6. The van der Waals surface area contributed by atoms with Gasteiger partial charge in [-0.25, -0.2) is 4.79 Å². The van der Waals surface area contributed by atoms with Crippen molar-refractivity contribution in [1.82, 2.24) is 15.5 Å². The van der Waals surface area contributed by atoms with Gasteiger partial charge in [0, 0.05) is 37.7 Å². The molecule has 0 radical (unpaired) electrons. The fourth-order valence-corrected chi connectivity index (χ4v) is 4.77. The molecule has 39 heavy (non-hydrogen) atoms. The van der Waals surface area contributed by atoms with Gasteiger partial charge in [-0.2, -0.15) is 0 Å². The maximum absolute atomic E-state index is 12.0. The number of amides is 2. The van der Waals surface area contributed by atoms with Gasteiger partial charge in [-0.15, -0.1) is 0 Å². The van der Waals surface area contributed by atoms with Gasteiger partial charge in [0.25, 0.3) is 0 Å². The zero-order valence-corrected chi connectivity index (χ0v) is 22.6. The third-order valence-corrected chi connectivity index (χ3v) is 7.07. The number of esters is 1. The molecule has 2 aliphatic heterocycles. The van der Waals surface area contributed by atoms with Gasteiger partial charge in [-0.1, -0.05) is 55.5 Å². The Labute approximate surface area is 229 Å². The van der Waals surface area contributed by atoms with Crippen molar-refractivity contribution < 1.29 is 33.6 Å². The molecule has 10 heteroatoms. The zero-order valence-electron chi connectivity index (χ0n) is 22.6. The third-order valence-electron chi connectivity index (χ3n) is 7.07. The van der Waals surface area contributed by atoms with Gasteiger partial charge in [0.15, 0.2) is 6.29 Å². The van der Waals surface area contributed by atoms with Crippen molar-refractivity contribution in [1.29, 1.82) is 0 Å². The maximum Gasteiger partial charge on any atom is 0.325 e. The molecule has 0 unspecified atom stereocenters. The molecule has 2 fully saturated rings. The SMILES string of the molecule is CCOC(=O)CNC(=O)NCc1ccc([C@H]2O[C@@H](CN3CCOCC3)[C@@H](C)[C@@H](c3ccc(CO)cc3)O2)cc1. The summed E-state index contributed by atoms with van der Waals surface area (Å²) in [5.74, 6) is -0.367. The van der Waals surface area contributed by atoms with Crippen molar-refractivity contribution in [2.75, 3.05) is 46.0 Å². The van der Waals surface area contributed by atoms with Crippen molar-refractivity contribution in [3.05, 3.63) is 70.8 Å². The fourth-order valence-electron chi connectivity index (χ4n) is 4.77. The maximum atomic E-state index is 12.0. The molecule has 2 heterocycles. The van der Waals surface area contributed by atoms with Crippen LogP contribution in [0.3, 0.4) is 0 Å². The van der Waals surface area contributed by atoms with Crippen molar-refractivity contribution in [3.8, 4) is 0 Å². The number of aliphatic hydroxyl groups excluding tert-OH is 1. The predicted molar refractivity (Wildman–Crippen MR) is 144 cm³/mol. The highest BCUT2D eigenvalue weighted by Crippen LogP contribution is 2.41. The smallest absolute Gasteiger partial charge is 0.325 e. The molecular weight excluding hydrogens is 502 g/mol. The summed E-state index contributed by atoms with van der Waals surface area (Å²) in [6.45, 7) is 8.27. The van der Waals surface area contributed by atoms with Gasteiger partial charge in [0.1, 0.15) is 6.54 Å². The number of rotatable bonds is 10. The number of nitrogens with one attached hydrogen (secondary N) is 2. The molecule has 0 bridgehead atoms. The standard InChI is InChI=1S/C29H39N3O7/c1-3-37-26(34)17-31-29(35)30-16-21-4-10-24(11-5-21)28-38-25(18-32-12-14-36-15-13-32)20(2)27(39-28)23-8-6-22(19-33)7-9-23/h4-11,20,25,27-28,33H,3,12-19H2,1-2H3,(H2,30,31,35)/t20-,25+,27+,28+/m1/s1. The summed E-state index contributed by atoms with van der Waals surface area (Å²) in [7, 11) is 0. The van der Waals surface area contributed by atoms with Crippen LogP contribution in [-0.2, 0) is 36.9 Å². The molecule has 4 atom stereocenters. The summed E-state index contributed by atoms with van der Waals surface area (Å²) in [6, 6.07) is 15.2. The van der Waals surface area contributed by atoms with E-state index in [9.17, 15) is 14.7 Å². The summed E-state index contributed by atoms with van der Waals surface area (Å²) < 4.78 is 23.4. The molecule has 2 saturated heterocycles. The molecule has 3 N–H and O–H groups in total. The Morgan fingerprint density at radius 3 is 2.31 bits per heavy atom.